The molecule has 0 bridgehead atoms. The van der Waals surface area contributed by atoms with Crippen molar-refractivity contribution in [1.29, 1.82) is 0 Å². The summed E-state index contributed by atoms with van der Waals surface area (Å²) in [6.07, 6.45) is 9.10. The van der Waals surface area contributed by atoms with Crippen LogP contribution in [0.3, 0.4) is 0 Å². The third-order valence-corrected chi connectivity index (χ3v) is 6.46. The predicted octanol–water partition coefficient (Wildman–Crippen LogP) is 3.83. The second-order valence-electron chi connectivity index (χ2n) is 7.02. The van der Waals surface area contributed by atoms with Gasteiger partial charge in [-0.05, 0) is 37.3 Å². The van der Waals surface area contributed by atoms with Crippen molar-refractivity contribution in [2.45, 2.75) is 32.6 Å². The van der Waals surface area contributed by atoms with Crippen molar-refractivity contribution in [3.63, 3.8) is 0 Å². The van der Waals surface area contributed by atoms with Crippen LogP contribution in [0.1, 0.15) is 40.6 Å². The minimum absolute atomic E-state index is 0.0685. The first-order chi connectivity index (χ1) is 13.6. The molecular formula is C21H18N4O2S. The molecule has 7 heteroatoms. The Morgan fingerprint density at radius 3 is 2.93 bits per heavy atom. The van der Waals surface area contributed by atoms with Crippen LogP contribution in [0.15, 0.2) is 46.7 Å². The molecule has 0 saturated carbocycles. The first-order valence-corrected chi connectivity index (χ1v) is 10.1. The van der Waals surface area contributed by atoms with Crippen LogP contribution in [0.25, 0.3) is 21.1 Å². The fraction of sp³-hybridized carbons (Fsp3) is 0.238. The van der Waals surface area contributed by atoms with E-state index >= 15 is 0 Å². The van der Waals surface area contributed by atoms with Crippen LogP contribution in [0.4, 0.5) is 0 Å². The van der Waals surface area contributed by atoms with Crippen LogP contribution in [0.5, 0.6) is 0 Å². The second-order valence-corrected chi connectivity index (χ2v) is 8.10. The zero-order chi connectivity index (χ0) is 19.3. The van der Waals surface area contributed by atoms with E-state index in [4.69, 9.17) is 0 Å². The van der Waals surface area contributed by atoms with E-state index in [9.17, 15) is 9.59 Å². The Bertz CT molecular complexity index is 1330. The zero-order valence-corrected chi connectivity index (χ0v) is 16.2. The van der Waals surface area contributed by atoms with Gasteiger partial charge in [-0.25, -0.2) is 4.98 Å². The lowest BCUT2D eigenvalue weighted by Gasteiger charge is -2.09. The minimum atomic E-state index is -0.129. The number of para-hydroxylation sites is 1. The second kappa shape index (κ2) is 6.53. The fourth-order valence-corrected chi connectivity index (χ4v) is 5.13. The van der Waals surface area contributed by atoms with E-state index in [1.807, 2.05) is 24.3 Å². The van der Waals surface area contributed by atoms with Gasteiger partial charge in [-0.2, -0.15) is 9.78 Å². The Hall–Kier alpha value is -3.06. The highest BCUT2D eigenvalue weighted by atomic mass is 32.1. The number of hydrogen-bond acceptors (Lipinski definition) is 5. The average Bonchev–Trinajstić information content (AvgIpc) is 3.26. The van der Waals surface area contributed by atoms with Gasteiger partial charge in [0, 0.05) is 28.9 Å². The van der Waals surface area contributed by atoms with Gasteiger partial charge in [-0.3, -0.25) is 14.2 Å². The summed E-state index contributed by atoms with van der Waals surface area (Å²) in [4.78, 5) is 31.5. The lowest BCUT2D eigenvalue weighted by Crippen LogP contribution is -2.18. The maximum absolute atomic E-state index is 13.0. The Labute approximate surface area is 164 Å². The number of nitrogens with zero attached hydrogens (tertiary/aromatic N) is 4. The molecule has 0 amide bonds. The number of benzene rings is 1. The molecule has 1 aliphatic rings. The fourth-order valence-electron chi connectivity index (χ4n) is 3.91. The van der Waals surface area contributed by atoms with Crippen LogP contribution >= 0.6 is 11.3 Å². The van der Waals surface area contributed by atoms with E-state index in [0.717, 1.165) is 46.1 Å². The van der Waals surface area contributed by atoms with Crippen molar-refractivity contribution < 1.29 is 4.79 Å². The molecule has 0 spiro atoms. The first-order valence-electron chi connectivity index (χ1n) is 9.31. The average molecular weight is 390 g/mol. The summed E-state index contributed by atoms with van der Waals surface area (Å²) in [5.74, 6) is -0.0685. The summed E-state index contributed by atoms with van der Waals surface area (Å²) < 4.78 is 2.89. The van der Waals surface area contributed by atoms with Gasteiger partial charge in [0.25, 0.3) is 5.56 Å². The summed E-state index contributed by atoms with van der Waals surface area (Å²) >= 11 is 1.63. The maximum Gasteiger partial charge on any atom is 0.282 e. The lowest BCUT2D eigenvalue weighted by atomic mass is 9.97. The molecule has 140 valence electrons. The molecule has 0 saturated heterocycles. The molecule has 0 fully saturated rings. The molecule has 0 atom stereocenters. The van der Waals surface area contributed by atoms with E-state index in [2.05, 4.69) is 10.1 Å². The van der Waals surface area contributed by atoms with E-state index < -0.39 is 0 Å². The SMILES string of the molecule is CC(=O)n1cc(/C=N/n2cnc3sc4c(c3c2=O)CCCC4)c2ccccc21. The molecule has 0 radical (unpaired) electrons. The molecule has 0 aliphatic heterocycles. The van der Waals surface area contributed by atoms with Gasteiger partial charge >= 0.3 is 0 Å². The monoisotopic (exact) mass is 390 g/mol. The van der Waals surface area contributed by atoms with Crippen LogP contribution in [-0.4, -0.2) is 26.3 Å². The molecular weight excluding hydrogens is 372 g/mol. The number of fused-ring (bicyclic) bond motifs is 4. The number of carbonyl (C=O) groups is 1. The van der Waals surface area contributed by atoms with Gasteiger partial charge in [0.15, 0.2) is 0 Å². The number of rotatable bonds is 2. The highest BCUT2D eigenvalue weighted by molar-refractivity contribution is 7.18. The molecule has 4 aromatic rings. The largest absolute Gasteiger partial charge is 0.287 e. The number of aryl methyl sites for hydroxylation is 2. The van der Waals surface area contributed by atoms with Crippen LogP contribution in [0.2, 0.25) is 0 Å². The number of hydrogen-bond donors (Lipinski definition) is 0. The normalized spacial score (nSPS) is 14.2. The molecule has 3 aromatic heterocycles. The summed E-state index contributed by atoms with van der Waals surface area (Å²) in [7, 11) is 0. The number of thiophene rings is 1. The molecule has 28 heavy (non-hydrogen) atoms. The molecule has 6 nitrogen and oxygen atoms in total. The lowest BCUT2D eigenvalue weighted by molar-refractivity contribution is 0.0941. The van der Waals surface area contributed by atoms with Gasteiger partial charge in [-0.15, -0.1) is 11.3 Å². The zero-order valence-electron chi connectivity index (χ0n) is 15.4. The summed E-state index contributed by atoms with van der Waals surface area (Å²) in [5.41, 5.74) is 2.63. The molecule has 0 N–H and O–H groups in total. The quantitative estimate of drug-likeness (QED) is 0.489. The highest BCUT2D eigenvalue weighted by Gasteiger charge is 2.20. The van der Waals surface area contributed by atoms with Crippen molar-refractivity contribution in [3.05, 3.63) is 63.1 Å². The summed E-state index contributed by atoms with van der Waals surface area (Å²) in [6, 6.07) is 7.65. The van der Waals surface area contributed by atoms with Gasteiger partial charge in [0.1, 0.15) is 11.2 Å². The molecule has 3 heterocycles. The van der Waals surface area contributed by atoms with Crippen molar-refractivity contribution in [1.82, 2.24) is 14.2 Å². The van der Waals surface area contributed by atoms with Gasteiger partial charge in [0.2, 0.25) is 5.91 Å². The van der Waals surface area contributed by atoms with Crippen LogP contribution in [-0.2, 0) is 12.8 Å². The molecule has 1 aromatic carbocycles. The predicted molar refractivity (Wildman–Crippen MR) is 112 cm³/mol. The van der Waals surface area contributed by atoms with Crippen molar-refractivity contribution in [3.8, 4) is 0 Å². The van der Waals surface area contributed by atoms with Crippen LogP contribution < -0.4 is 5.56 Å². The third-order valence-electron chi connectivity index (χ3n) is 5.26. The Morgan fingerprint density at radius 2 is 2.07 bits per heavy atom. The van der Waals surface area contributed by atoms with Gasteiger partial charge in [-0.1, -0.05) is 18.2 Å². The Morgan fingerprint density at radius 1 is 1.25 bits per heavy atom. The number of carbonyl (C=O) groups excluding carboxylic acids is 1. The summed E-state index contributed by atoms with van der Waals surface area (Å²) in [6.45, 7) is 1.52. The van der Waals surface area contributed by atoms with E-state index in [1.165, 1.54) is 29.2 Å². The first kappa shape index (κ1) is 17.1. The van der Waals surface area contributed by atoms with E-state index in [1.54, 1.807) is 28.3 Å². The molecule has 5 rings (SSSR count). The Kier molecular flexibility index (Phi) is 3.98. The smallest absolute Gasteiger partial charge is 0.282 e. The maximum atomic E-state index is 13.0. The van der Waals surface area contributed by atoms with E-state index in [-0.39, 0.29) is 11.5 Å². The van der Waals surface area contributed by atoms with Crippen molar-refractivity contribution >= 4 is 44.6 Å². The van der Waals surface area contributed by atoms with Gasteiger partial charge in [0.05, 0.1) is 17.1 Å². The van der Waals surface area contributed by atoms with Crippen LogP contribution in [0, 0.1) is 0 Å². The highest BCUT2D eigenvalue weighted by Crippen LogP contribution is 2.33. The topological polar surface area (TPSA) is 69.2 Å². The molecule has 1 aliphatic carbocycles. The van der Waals surface area contributed by atoms with Crippen molar-refractivity contribution in [2.75, 3.05) is 0 Å². The minimum Gasteiger partial charge on any atom is -0.287 e. The number of aromatic nitrogens is 3. The standard InChI is InChI=1S/C21H18N4O2S/c1-13(26)24-11-14(15-6-2-4-8-17(15)24)10-23-25-12-22-20-19(21(25)27)16-7-3-5-9-18(16)28-20/h2,4,6,8,10-12H,3,5,7,9H2,1H3/b23-10+. The van der Waals surface area contributed by atoms with Crippen molar-refractivity contribution in [2.24, 2.45) is 5.10 Å². The Balaban J connectivity index is 1.62. The van der Waals surface area contributed by atoms with E-state index in [0.29, 0.717) is 5.39 Å². The van der Waals surface area contributed by atoms with Gasteiger partial charge < -0.3 is 0 Å². The third kappa shape index (κ3) is 2.62. The molecule has 0 unspecified atom stereocenters. The summed E-state index contributed by atoms with van der Waals surface area (Å²) in [5, 5.41) is 6.00.